The van der Waals surface area contributed by atoms with Gasteiger partial charge in [0.25, 0.3) is 0 Å². The van der Waals surface area contributed by atoms with Crippen molar-refractivity contribution in [2.75, 3.05) is 0 Å². The molecule has 5 heteroatoms. The molecule has 0 saturated heterocycles. The van der Waals surface area contributed by atoms with Gasteiger partial charge < -0.3 is 0 Å². The Kier molecular flexibility index (Phi) is 3.41. The van der Waals surface area contributed by atoms with Crippen LogP contribution in [0.5, 0.6) is 0 Å². The van der Waals surface area contributed by atoms with Crippen molar-refractivity contribution in [2.45, 2.75) is 13.0 Å². The molecule has 0 aliphatic rings. The zero-order valence-electron chi connectivity index (χ0n) is 9.39. The highest BCUT2D eigenvalue weighted by molar-refractivity contribution is 5.31. The molecule has 1 atom stereocenters. The summed E-state index contributed by atoms with van der Waals surface area (Å²) in [7, 11) is 0. The van der Waals surface area contributed by atoms with Gasteiger partial charge in [0.05, 0.1) is 17.9 Å². The van der Waals surface area contributed by atoms with Gasteiger partial charge in [-0.05, 0) is 12.5 Å². The standard InChI is InChI=1S/C12H13FN4/c1-8-3-2-4-9(11(8)13)12(17-14)10-7-15-5-6-16-10/h2-7,12,17H,14H2,1H3. The van der Waals surface area contributed by atoms with E-state index in [1.807, 2.05) is 0 Å². The van der Waals surface area contributed by atoms with Crippen LogP contribution in [0.1, 0.15) is 22.9 Å². The van der Waals surface area contributed by atoms with Crippen molar-refractivity contribution < 1.29 is 4.39 Å². The van der Waals surface area contributed by atoms with Crippen molar-refractivity contribution in [1.82, 2.24) is 15.4 Å². The van der Waals surface area contributed by atoms with E-state index in [1.165, 1.54) is 0 Å². The van der Waals surface area contributed by atoms with Crippen molar-refractivity contribution in [3.8, 4) is 0 Å². The number of nitrogens with two attached hydrogens (primary N) is 1. The van der Waals surface area contributed by atoms with Gasteiger partial charge in [0, 0.05) is 18.0 Å². The number of aromatic nitrogens is 2. The molecule has 88 valence electrons. The summed E-state index contributed by atoms with van der Waals surface area (Å²) in [5.74, 6) is 5.19. The first kappa shape index (κ1) is 11.6. The zero-order valence-corrected chi connectivity index (χ0v) is 9.39. The Hall–Kier alpha value is -1.85. The van der Waals surface area contributed by atoms with Gasteiger partial charge in [-0.25, -0.2) is 9.82 Å². The molecule has 1 aromatic heterocycles. The minimum absolute atomic E-state index is 0.277. The first-order valence-corrected chi connectivity index (χ1v) is 5.21. The minimum Gasteiger partial charge on any atom is -0.271 e. The Bertz CT molecular complexity index is 501. The van der Waals surface area contributed by atoms with E-state index in [4.69, 9.17) is 5.84 Å². The van der Waals surface area contributed by atoms with E-state index in [2.05, 4.69) is 15.4 Å². The Morgan fingerprint density at radius 3 is 2.82 bits per heavy atom. The number of halogens is 1. The second-order valence-electron chi connectivity index (χ2n) is 3.71. The largest absolute Gasteiger partial charge is 0.271 e. The predicted octanol–water partition coefficient (Wildman–Crippen LogP) is 1.48. The zero-order chi connectivity index (χ0) is 12.3. The highest BCUT2D eigenvalue weighted by atomic mass is 19.1. The quantitative estimate of drug-likeness (QED) is 0.621. The van der Waals surface area contributed by atoms with Crippen molar-refractivity contribution in [3.05, 3.63) is 59.4 Å². The van der Waals surface area contributed by atoms with Crippen molar-refractivity contribution in [1.29, 1.82) is 0 Å². The van der Waals surface area contributed by atoms with E-state index in [0.29, 0.717) is 16.8 Å². The Morgan fingerprint density at radius 1 is 1.35 bits per heavy atom. The molecule has 4 nitrogen and oxygen atoms in total. The Balaban J connectivity index is 2.46. The van der Waals surface area contributed by atoms with E-state index >= 15 is 0 Å². The smallest absolute Gasteiger partial charge is 0.131 e. The number of hydrazine groups is 1. The van der Waals surface area contributed by atoms with Gasteiger partial charge >= 0.3 is 0 Å². The van der Waals surface area contributed by atoms with Gasteiger partial charge in [-0.2, -0.15) is 0 Å². The molecule has 0 spiro atoms. The predicted molar refractivity (Wildman–Crippen MR) is 62.3 cm³/mol. The van der Waals surface area contributed by atoms with E-state index in [0.717, 1.165) is 0 Å². The van der Waals surface area contributed by atoms with Crippen LogP contribution in [-0.4, -0.2) is 9.97 Å². The van der Waals surface area contributed by atoms with Gasteiger partial charge in [0.2, 0.25) is 0 Å². The molecule has 0 radical (unpaired) electrons. The Morgan fingerprint density at radius 2 is 2.18 bits per heavy atom. The van der Waals surface area contributed by atoms with E-state index in [-0.39, 0.29) is 5.82 Å². The third-order valence-electron chi connectivity index (χ3n) is 2.58. The van der Waals surface area contributed by atoms with Crippen LogP contribution in [0, 0.1) is 12.7 Å². The third kappa shape index (κ3) is 2.30. The monoisotopic (exact) mass is 232 g/mol. The molecule has 0 bridgehead atoms. The molecule has 1 heterocycles. The second kappa shape index (κ2) is 4.99. The lowest BCUT2D eigenvalue weighted by molar-refractivity contribution is 0.547. The number of nitrogens with zero attached hydrogens (tertiary/aromatic N) is 2. The average molecular weight is 232 g/mol. The lowest BCUT2D eigenvalue weighted by Gasteiger charge is -2.16. The molecule has 3 N–H and O–H groups in total. The molecular weight excluding hydrogens is 219 g/mol. The van der Waals surface area contributed by atoms with Crippen LogP contribution in [0.2, 0.25) is 0 Å². The van der Waals surface area contributed by atoms with Crippen molar-refractivity contribution in [3.63, 3.8) is 0 Å². The topological polar surface area (TPSA) is 63.8 Å². The molecule has 0 aliphatic carbocycles. The number of hydrogen-bond donors (Lipinski definition) is 2. The van der Waals surface area contributed by atoms with Crippen LogP contribution in [0.15, 0.2) is 36.8 Å². The first-order chi connectivity index (χ1) is 8.24. The highest BCUT2D eigenvalue weighted by Gasteiger charge is 2.18. The fourth-order valence-corrected chi connectivity index (χ4v) is 1.69. The lowest BCUT2D eigenvalue weighted by Crippen LogP contribution is -2.30. The van der Waals surface area contributed by atoms with Gasteiger partial charge in [-0.15, -0.1) is 0 Å². The van der Waals surface area contributed by atoms with Gasteiger partial charge in [-0.3, -0.25) is 15.8 Å². The van der Waals surface area contributed by atoms with Crippen LogP contribution < -0.4 is 11.3 Å². The first-order valence-electron chi connectivity index (χ1n) is 5.21. The van der Waals surface area contributed by atoms with E-state index in [9.17, 15) is 4.39 Å². The number of nitrogens with one attached hydrogen (secondary N) is 1. The van der Waals surface area contributed by atoms with Crippen molar-refractivity contribution >= 4 is 0 Å². The molecule has 0 fully saturated rings. The van der Waals surface area contributed by atoms with Crippen LogP contribution in [0.4, 0.5) is 4.39 Å². The molecule has 2 rings (SSSR count). The molecular formula is C12H13FN4. The maximum absolute atomic E-state index is 14.0. The van der Waals surface area contributed by atoms with Gasteiger partial charge in [0.15, 0.2) is 0 Å². The number of aryl methyl sites for hydroxylation is 1. The fourth-order valence-electron chi connectivity index (χ4n) is 1.69. The molecule has 0 amide bonds. The number of rotatable bonds is 3. The van der Waals surface area contributed by atoms with Crippen LogP contribution >= 0.6 is 0 Å². The highest BCUT2D eigenvalue weighted by Crippen LogP contribution is 2.23. The Labute approximate surface area is 98.7 Å². The number of benzene rings is 1. The maximum atomic E-state index is 14.0. The normalized spacial score (nSPS) is 12.4. The summed E-state index contributed by atoms with van der Waals surface area (Å²) in [5.41, 5.74) is 4.18. The summed E-state index contributed by atoms with van der Waals surface area (Å²) in [4.78, 5) is 8.08. The van der Waals surface area contributed by atoms with Crippen LogP contribution in [0.25, 0.3) is 0 Å². The minimum atomic E-state index is -0.497. The summed E-state index contributed by atoms with van der Waals surface area (Å²) in [6, 6.07) is 4.68. The van der Waals surface area contributed by atoms with Gasteiger partial charge in [-0.1, -0.05) is 18.2 Å². The fraction of sp³-hybridized carbons (Fsp3) is 0.167. The van der Waals surface area contributed by atoms with Gasteiger partial charge in [0.1, 0.15) is 5.82 Å². The number of hydrogen-bond acceptors (Lipinski definition) is 4. The van der Waals surface area contributed by atoms with Crippen molar-refractivity contribution in [2.24, 2.45) is 5.84 Å². The second-order valence-corrected chi connectivity index (χ2v) is 3.71. The molecule has 17 heavy (non-hydrogen) atoms. The third-order valence-corrected chi connectivity index (χ3v) is 2.58. The molecule has 1 unspecified atom stereocenters. The molecule has 2 aromatic rings. The molecule has 0 saturated carbocycles. The lowest BCUT2D eigenvalue weighted by atomic mass is 10.0. The summed E-state index contributed by atoms with van der Waals surface area (Å²) >= 11 is 0. The molecule has 1 aromatic carbocycles. The average Bonchev–Trinajstić information content (AvgIpc) is 2.37. The summed E-state index contributed by atoms with van der Waals surface area (Å²) < 4.78 is 14.0. The maximum Gasteiger partial charge on any atom is 0.131 e. The van der Waals surface area contributed by atoms with E-state index in [1.54, 1.807) is 43.7 Å². The summed E-state index contributed by atoms with van der Waals surface area (Å²) in [6.07, 6.45) is 4.67. The molecule has 0 aliphatic heterocycles. The van der Waals surface area contributed by atoms with Crippen LogP contribution in [0.3, 0.4) is 0 Å². The SMILES string of the molecule is Cc1cccc(C(NN)c2cnccn2)c1F. The van der Waals surface area contributed by atoms with E-state index < -0.39 is 6.04 Å². The summed E-state index contributed by atoms with van der Waals surface area (Å²) in [5, 5.41) is 0. The summed E-state index contributed by atoms with van der Waals surface area (Å²) in [6.45, 7) is 1.71. The van der Waals surface area contributed by atoms with Crippen LogP contribution in [-0.2, 0) is 0 Å².